The molecule has 0 aliphatic carbocycles. The summed E-state index contributed by atoms with van der Waals surface area (Å²) in [6, 6.07) is 13.5. The average Bonchev–Trinajstić information content (AvgIpc) is 3.87. The van der Waals surface area contributed by atoms with Crippen LogP contribution in [0.5, 0.6) is 17.2 Å². The number of carboxylic acid groups (broad SMARTS) is 1. The Hall–Kier alpha value is -4.10. The monoisotopic (exact) mass is 678 g/mol. The number of aromatic carboxylic acids is 1. The van der Waals surface area contributed by atoms with Crippen molar-refractivity contribution < 1.29 is 38.0 Å². The second-order valence-electron chi connectivity index (χ2n) is 12.8. The number of imidazole rings is 1. The van der Waals surface area contributed by atoms with Crippen LogP contribution < -0.4 is 19.1 Å². The van der Waals surface area contributed by atoms with Crippen molar-refractivity contribution in [3.8, 4) is 17.2 Å². The molecule has 0 unspecified atom stereocenters. The number of fused-ring (bicyclic) bond motifs is 3. The van der Waals surface area contributed by atoms with Crippen LogP contribution in [0.2, 0.25) is 5.02 Å². The maximum absolute atomic E-state index is 15.0. The molecule has 0 bridgehead atoms. The molecule has 3 aromatic carbocycles. The molecule has 8 rings (SSSR count). The molecule has 4 aliphatic heterocycles. The zero-order valence-corrected chi connectivity index (χ0v) is 27.4. The van der Waals surface area contributed by atoms with E-state index in [9.17, 15) is 9.90 Å². The Morgan fingerprint density at radius 1 is 1.15 bits per heavy atom. The van der Waals surface area contributed by atoms with Gasteiger partial charge in [-0.05, 0) is 55.3 Å². The second kappa shape index (κ2) is 12.1. The van der Waals surface area contributed by atoms with Gasteiger partial charge in [0.05, 0.1) is 73.9 Å². The van der Waals surface area contributed by atoms with Crippen LogP contribution in [-0.4, -0.2) is 83.7 Å². The van der Waals surface area contributed by atoms with Crippen LogP contribution >= 0.6 is 11.6 Å². The zero-order valence-electron chi connectivity index (χ0n) is 26.7. The van der Waals surface area contributed by atoms with Gasteiger partial charge in [-0.25, -0.2) is 14.2 Å². The number of carbonyl (C=O) groups is 1. The number of nitrogens with zero attached hydrogens (tertiary/aromatic N) is 4. The summed E-state index contributed by atoms with van der Waals surface area (Å²) in [4.78, 5) is 21.7. The lowest BCUT2D eigenvalue weighted by atomic mass is 10.0. The molecule has 4 aliphatic rings. The molecule has 0 spiro atoms. The number of methoxy groups -OCH3 is 1. The Morgan fingerprint density at radius 2 is 2.00 bits per heavy atom. The van der Waals surface area contributed by atoms with E-state index in [1.165, 1.54) is 19.2 Å². The lowest BCUT2D eigenvalue weighted by molar-refractivity contribution is -0.0705. The minimum atomic E-state index is -1.36. The lowest BCUT2D eigenvalue weighted by Gasteiger charge is -2.44. The summed E-state index contributed by atoms with van der Waals surface area (Å²) >= 11 is 6.02. The molecule has 3 fully saturated rings. The van der Waals surface area contributed by atoms with Crippen molar-refractivity contribution in [2.24, 2.45) is 0 Å². The van der Waals surface area contributed by atoms with Gasteiger partial charge in [0.1, 0.15) is 22.9 Å². The number of hydrogen-bond acceptors (Lipinski definition) is 9. The fraction of sp³-hybridized carbons (Fsp3) is 0.429. The smallest absolute Gasteiger partial charge is 0.335 e. The number of para-hydroxylation sites is 1. The van der Waals surface area contributed by atoms with Gasteiger partial charge in [-0.1, -0.05) is 17.7 Å². The summed E-state index contributed by atoms with van der Waals surface area (Å²) in [6.07, 6.45) is 1.95. The third kappa shape index (κ3) is 5.31. The minimum absolute atomic E-state index is 0.0112. The predicted molar refractivity (Wildman–Crippen MR) is 175 cm³/mol. The van der Waals surface area contributed by atoms with Crippen LogP contribution in [0.4, 0.5) is 10.1 Å². The van der Waals surface area contributed by atoms with E-state index in [-0.39, 0.29) is 29.3 Å². The molecule has 11 nitrogen and oxygen atoms in total. The van der Waals surface area contributed by atoms with Gasteiger partial charge in [-0.2, -0.15) is 0 Å². The molecule has 4 atom stereocenters. The Morgan fingerprint density at radius 3 is 2.77 bits per heavy atom. The predicted octanol–water partition coefficient (Wildman–Crippen LogP) is 5.45. The Bertz CT molecular complexity index is 1900. The van der Waals surface area contributed by atoms with Crippen LogP contribution in [0.25, 0.3) is 11.0 Å². The summed E-state index contributed by atoms with van der Waals surface area (Å²) in [5.74, 6) is -0.533. The van der Waals surface area contributed by atoms with E-state index < -0.39 is 17.6 Å². The molecular formula is C35H36ClFN4O7. The summed E-state index contributed by atoms with van der Waals surface area (Å²) in [5.41, 5.74) is 2.62. The van der Waals surface area contributed by atoms with Crippen molar-refractivity contribution in [2.75, 3.05) is 44.9 Å². The van der Waals surface area contributed by atoms with Crippen molar-refractivity contribution in [2.45, 2.75) is 56.8 Å². The van der Waals surface area contributed by atoms with Gasteiger partial charge in [0, 0.05) is 31.6 Å². The first-order chi connectivity index (χ1) is 23.2. The molecule has 5 heterocycles. The third-order valence-corrected chi connectivity index (χ3v) is 10.2. The van der Waals surface area contributed by atoms with Crippen LogP contribution in [0.1, 0.15) is 41.5 Å². The first-order valence-corrected chi connectivity index (χ1v) is 16.6. The zero-order chi connectivity index (χ0) is 33.2. The van der Waals surface area contributed by atoms with Crippen molar-refractivity contribution in [3.63, 3.8) is 0 Å². The standard InChI is InChI=1S/C35H36ClFN4O7/c1-35(23-9-8-21(36)15-24(23)37)47-29-7-3-6-25(33(29)48-35)40-11-10-39(27-18-45-19-28(27)40)17-31-38-32-26(41(31)16-22-5-4-12-46-22)13-20(34(42)43)14-30(32)44-2/h3,6-9,13-15,22,27-28H,4-5,10-12,16-19H2,1-2H3,(H,42,43)/t22-,27+,28-,35-/m0/s1. The van der Waals surface area contributed by atoms with E-state index in [0.717, 1.165) is 24.4 Å². The van der Waals surface area contributed by atoms with Gasteiger partial charge in [-0.15, -0.1) is 0 Å². The Kier molecular flexibility index (Phi) is 7.86. The number of ether oxygens (including phenoxy) is 5. The molecule has 13 heteroatoms. The lowest BCUT2D eigenvalue weighted by Crippen LogP contribution is -2.59. The van der Waals surface area contributed by atoms with Gasteiger partial charge in [-0.3, -0.25) is 4.90 Å². The molecule has 48 heavy (non-hydrogen) atoms. The Balaban J connectivity index is 1.09. The number of halogens is 2. The summed E-state index contributed by atoms with van der Waals surface area (Å²) in [5, 5.41) is 10.1. The van der Waals surface area contributed by atoms with Crippen molar-refractivity contribution in [1.82, 2.24) is 14.5 Å². The number of piperazine rings is 1. The number of hydrogen-bond donors (Lipinski definition) is 1. The van der Waals surface area contributed by atoms with Gasteiger partial charge >= 0.3 is 5.97 Å². The highest BCUT2D eigenvalue weighted by Crippen LogP contribution is 2.51. The molecule has 0 radical (unpaired) electrons. The first-order valence-electron chi connectivity index (χ1n) is 16.2. The van der Waals surface area contributed by atoms with E-state index in [1.807, 2.05) is 18.2 Å². The Labute approximate surface area is 281 Å². The molecule has 3 saturated heterocycles. The van der Waals surface area contributed by atoms with Crippen LogP contribution in [0.3, 0.4) is 0 Å². The quantitative estimate of drug-likeness (QED) is 0.259. The van der Waals surface area contributed by atoms with Gasteiger partial charge in [0.25, 0.3) is 5.79 Å². The maximum Gasteiger partial charge on any atom is 0.335 e. The van der Waals surface area contributed by atoms with Gasteiger partial charge in [0.2, 0.25) is 0 Å². The molecule has 1 N–H and O–H groups in total. The number of anilines is 1. The van der Waals surface area contributed by atoms with Crippen LogP contribution in [-0.2, 0) is 28.4 Å². The van der Waals surface area contributed by atoms with E-state index in [1.54, 1.807) is 25.1 Å². The van der Waals surface area contributed by atoms with E-state index in [0.29, 0.717) is 79.3 Å². The largest absolute Gasteiger partial charge is 0.494 e. The van der Waals surface area contributed by atoms with Crippen molar-refractivity contribution in [1.29, 1.82) is 0 Å². The number of benzene rings is 3. The second-order valence-corrected chi connectivity index (χ2v) is 13.3. The summed E-state index contributed by atoms with van der Waals surface area (Å²) in [6.45, 7) is 5.98. The normalized spacial score (nSPS) is 25.2. The molecule has 0 saturated carbocycles. The van der Waals surface area contributed by atoms with Gasteiger partial charge < -0.3 is 38.3 Å². The average molecular weight is 679 g/mol. The number of aromatic nitrogens is 2. The summed E-state index contributed by atoms with van der Waals surface area (Å²) < 4.78 is 47.5. The third-order valence-electron chi connectivity index (χ3n) is 9.93. The number of carboxylic acids is 1. The van der Waals surface area contributed by atoms with E-state index in [2.05, 4.69) is 14.4 Å². The topological polar surface area (TPSA) is 108 Å². The highest BCUT2D eigenvalue weighted by Gasteiger charge is 2.46. The molecule has 4 aromatic rings. The molecular weight excluding hydrogens is 643 g/mol. The minimum Gasteiger partial charge on any atom is -0.494 e. The highest BCUT2D eigenvalue weighted by atomic mass is 35.5. The highest BCUT2D eigenvalue weighted by molar-refractivity contribution is 6.30. The fourth-order valence-corrected chi connectivity index (χ4v) is 7.72. The maximum atomic E-state index is 15.0. The molecule has 252 valence electrons. The van der Waals surface area contributed by atoms with Crippen LogP contribution in [0, 0.1) is 5.82 Å². The van der Waals surface area contributed by atoms with Gasteiger partial charge in [0.15, 0.2) is 11.5 Å². The molecule has 1 aromatic heterocycles. The molecule has 0 amide bonds. The van der Waals surface area contributed by atoms with Crippen molar-refractivity contribution >= 4 is 34.3 Å². The first kappa shape index (κ1) is 31.2. The van der Waals surface area contributed by atoms with Crippen LogP contribution in [0.15, 0.2) is 48.5 Å². The fourth-order valence-electron chi connectivity index (χ4n) is 7.56. The summed E-state index contributed by atoms with van der Waals surface area (Å²) in [7, 11) is 1.53. The SMILES string of the molecule is COc1cc(C(=O)O)cc2c1nc(CN1CCN(c3cccc4c3O[C@@](C)(c3ccc(Cl)cc3F)O4)[C@H]3COC[C@H]31)n2C[C@@H]1CCCO1. The van der Waals surface area contributed by atoms with Crippen molar-refractivity contribution in [3.05, 3.63) is 76.3 Å². The number of rotatable bonds is 8. The van der Waals surface area contributed by atoms with E-state index >= 15 is 4.39 Å². The van der Waals surface area contributed by atoms with E-state index in [4.69, 9.17) is 40.3 Å².